The van der Waals surface area contributed by atoms with Crippen LogP contribution in [-0.2, 0) is 16.5 Å². The molecule has 0 radical (unpaired) electrons. The normalized spacial score (nSPS) is 10.4. The zero-order valence-corrected chi connectivity index (χ0v) is 14.2. The van der Waals surface area contributed by atoms with Gasteiger partial charge in [-0.05, 0) is 36.2 Å². The Balaban J connectivity index is 2.25. The lowest BCUT2D eigenvalue weighted by molar-refractivity contribution is 0.0526. The number of ether oxygens (including phenoxy) is 1. The lowest BCUT2D eigenvalue weighted by Crippen LogP contribution is -2.06. The maximum atomic E-state index is 12.5. The Kier molecular flexibility index (Phi) is 6.20. The average molecular weight is 351 g/mol. The first-order valence-electron chi connectivity index (χ1n) is 7.16. The molecule has 0 aromatic heterocycles. The van der Waals surface area contributed by atoms with Gasteiger partial charge >= 0.3 is 5.97 Å². The van der Waals surface area contributed by atoms with E-state index in [1.54, 1.807) is 43.3 Å². The van der Waals surface area contributed by atoms with Gasteiger partial charge in [0.05, 0.1) is 12.2 Å². The molecule has 23 heavy (non-hydrogen) atoms. The number of carbonyl (C=O) groups excluding carboxylic acids is 2. The first kappa shape index (κ1) is 17.5. The highest BCUT2D eigenvalue weighted by molar-refractivity contribution is 6.19. The number of hydrogen-bond acceptors (Lipinski definition) is 3. The van der Waals surface area contributed by atoms with Crippen molar-refractivity contribution in [3.05, 3.63) is 70.3 Å². The number of esters is 1. The van der Waals surface area contributed by atoms with Crippen molar-refractivity contribution in [2.24, 2.45) is 0 Å². The van der Waals surface area contributed by atoms with Gasteiger partial charge in [-0.25, -0.2) is 4.79 Å². The fourth-order valence-electron chi connectivity index (χ4n) is 2.16. The van der Waals surface area contributed by atoms with E-state index in [0.29, 0.717) is 35.1 Å². The van der Waals surface area contributed by atoms with Crippen molar-refractivity contribution < 1.29 is 14.3 Å². The summed E-state index contributed by atoms with van der Waals surface area (Å²) in [5.41, 5.74) is 3.21. The summed E-state index contributed by atoms with van der Waals surface area (Å²) in [6, 6.07) is 11.7. The van der Waals surface area contributed by atoms with Crippen molar-refractivity contribution >= 4 is 35.0 Å². The third kappa shape index (κ3) is 4.12. The zero-order valence-electron chi connectivity index (χ0n) is 12.6. The summed E-state index contributed by atoms with van der Waals surface area (Å²) in [6.07, 6.45) is 0. The topological polar surface area (TPSA) is 43.4 Å². The Morgan fingerprint density at radius 2 is 1.43 bits per heavy atom. The maximum absolute atomic E-state index is 12.5. The van der Waals surface area contributed by atoms with E-state index in [-0.39, 0.29) is 5.78 Å². The zero-order chi connectivity index (χ0) is 16.8. The van der Waals surface area contributed by atoms with Crippen LogP contribution in [0.1, 0.15) is 44.3 Å². The van der Waals surface area contributed by atoms with Crippen LogP contribution in [0.3, 0.4) is 0 Å². The van der Waals surface area contributed by atoms with E-state index < -0.39 is 5.97 Å². The second kappa shape index (κ2) is 8.14. The minimum atomic E-state index is -0.401. The van der Waals surface area contributed by atoms with E-state index in [2.05, 4.69) is 0 Å². The molecule has 2 aromatic carbocycles. The van der Waals surface area contributed by atoms with Crippen LogP contribution in [0, 0.1) is 0 Å². The molecule has 0 amide bonds. The molecular formula is C18H16Cl2O3. The van der Waals surface area contributed by atoms with Gasteiger partial charge in [-0.2, -0.15) is 0 Å². The van der Waals surface area contributed by atoms with Gasteiger partial charge in [0.2, 0.25) is 0 Å². The fourth-order valence-corrected chi connectivity index (χ4v) is 2.67. The predicted octanol–water partition coefficient (Wildman–Crippen LogP) is 4.57. The number of ketones is 1. The van der Waals surface area contributed by atoms with Crippen molar-refractivity contribution in [1.82, 2.24) is 0 Å². The van der Waals surface area contributed by atoms with E-state index in [1.165, 1.54) is 0 Å². The van der Waals surface area contributed by atoms with Crippen LogP contribution < -0.4 is 0 Å². The molecule has 0 aliphatic carbocycles. The van der Waals surface area contributed by atoms with Gasteiger partial charge < -0.3 is 4.74 Å². The quantitative estimate of drug-likeness (QED) is 0.435. The number of alkyl halides is 2. The molecule has 5 heteroatoms. The fraction of sp³-hybridized carbons (Fsp3) is 0.222. The van der Waals surface area contributed by atoms with Crippen molar-refractivity contribution in [2.45, 2.75) is 18.7 Å². The molecule has 0 spiro atoms. The van der Waals surface area contributed by atoms with E-state index in [4.69, 9.17) is 27.9 Å². The van der Waals surface area contributed by atoms with Crippen molar-refractivity contribution in [2.75, 3.05) is 6.61 Å². The SMILES string of the molecule is CCOC(=O)c1ccc(C(=O)c2ccc(CCl)c(CCl)c2)cc1. The molecule has 0 aliphatic heterocycles. The Morgan fingerprint density at radius 3 is 2.00 bits per heavy atom. The first-order chi connectivity index (χ1) is 11.1. The van der Waals surface area contributed by atoms with Gasteiger partial charge in [0, 0.05) is 22.9 Å². The first-order valence-corrected chi connectivity index (χ1v) is 8.23. The standard InChI is InChI=1S/C18H16Cl2O3/c1-2-23-18(22)13-5-3-12(4-6-13)17(21)14-7-8-15(10-19)16(9-14)11-20/h3-9H,2,10-11H2,1H3. The monoisotopic (exact) mass is 350 g/mol. The smallest absolute Gasteiger partial charge is 0.338 e. The second-order valence-electron chi connectivity index (χ2n) is 4.88. The molecule has 3 nitrogen and oxygen atoms in total. The molecule has 2 aromatic rings. The summed E-state index contributed by atoms with van der Waals surface area (Å²) in [5, 5.41) is 0. The Labute approximate surface area is 145 Å². The van der Waals surface area contributed by atoms with E-state index in [9.17, 15) is 9.59 Å². The van der Waals surface area contributed by atoms with E-state index in [0.717, 1.165) is 11.1 Å². The summed E-state index contributed by atoms with van der Waals surface area (Å²) in [6.45, 7) is 2.06. The molecule has 0 saturated carbocycles. The van der Waals surface area contributed by atoms with Gasteiger partial charge in [0.25, 0.3) is 0 Å². The Hall–Kier alpha value is -1.84. The minimum Gasteiger partial charge on any atom is -0.462 e. The number of benzene rings is 2. The molecule has 0 heterocycles. The molecule has 2 rings (SSSR count). The molecule has 0 N–H and O–H groups in total. The number of carbonyl (C=O) groups is 2. The molecular weight excluding hydrogens is 335 g/mol. The molecule has 0 atom stereocenters. The highest BCUT2D eigenvalue weighted by Crippen LogP contribution is 2.19. The van der Waals surface area contributed by atoms with Crippen LogP contribution in [0.15, 0.2) is 42.5 Å². The van der Waals surface area contributed by atoms with Crippen molar-refractivity contribution in [3.8, 4) is 0 Å². The van der Waals surface area contributed by atoms with Crippen molar-refractivity contribution in [3.63, 3.8) is 0 Å². The van der Waals surface area contributed by atoms with Gasteiger partial charge in [0.1, 0.15) is 0 Å². The highest BCUT2D eigenvalue weighted by atomic mass is 35.5. The van der Waals surface area contributed by atoms with Gasteiger partial charge in [-0.15, -0.1) is 23.2 Å². The van der Waals surface area contributed by atoms with Crippen LogP contribution in [0.4, 0.5) is 0 Å². The summed E-state index contributed by atoms with van der Waals surface area (Å²) in [4.78, 5) is 24.1. The van der Waals surface area contributed by atoms with Gasteiger partial charge in [-0.1, -0.05) is 24.3 Å². The molecule has 0 bridgehead atoms. The number of hydrogen-bond donors (Lipinski definition) is 0. The molecule has 120 valence electrons. The highest BCUT2D eigenvalue weighted by Gasteiger charge is 2.13. The summed E-state index contributed by atoms with van der Waals surface area (Å²) in [5.74, 6) is 0.116. The maximum Gasteiger partial charge on any atom is 0.338 e. The van der Waals surface area contributed by atoms with Crippen LogP contribution in [0.2, 0.25) is 0 Å². The number of halogens is 2. The summed E-state index contributed by atoms with van der Waals surface area (Å²) < 4.78 is 4.92. The minimum absolute atomic E-state index is 0.132. The molecule has 0 unspecified atom stereocenters. The third-order valence-corrected chi connectivity index (χ3v) is 3.99. The van der Waals surface area contributed by atoms with Gasteiger partial charge in [0.15, 0.2) is 5.78 Å². The lowest BCUT2D eigenvalue weighted by atomic mass is 9.98. The molecule has 0 aliphatic rings. The largest absolute Gasteiger partial charge is 0.462 e. The number of rotatable bonds is 6. The van der Waals surface area contributed by atoms with Crippen LogP contribution in [-0.4, -0.2) is 18.4 Å². The van der Waals surface area contributed by atoms with Gasteiger partial charge in [-0.3, -0.25) is 4.79 Å². The predicted molar refractivity (Wildman–Crippen MR) is 91.4 cm³/mol. The molecule has 0 fully saturated rings. The van der Waals surface area contributed by atoms with E-state index in [1.807, 2.05) is 6.07 Å². The van der Waals surface area contributed by atoms with E-state index >= 15 is 0 Å². The lowest BCUT2D eigenvalue weighted by Gasteiger charge is -2.08. The van der Waals surface area contributed by atoms with Crippen LogP contribution in [0.5, 0.6) is 0 Å². The summed E-state index contributed by atoms with van der Waals surface area (Å²) >= 11 is 11.7. The summed E-state index contributed by atoms with van der Waals surface area (Å²) in [7, 11) is 0. The van der Waals surface area contributed by atoms with Crippen molar-refractivity contribution in [1.29, 1.82) is 0 Å². The average Bonchev–Trinajstić information content (AvgIpc) is 2.60. The van der Waals surface area contributed by atoms with Crippen LogP contribution in [0.25, 0.3) is 0 Å². The molecule has 0 saturated heterocycles. The van der Waals surface area contributed by atoms with Crippen LogP contribution >= 0.6 is 23.2 Å². The second-order valence-corrected chi connectivity index (χ2v) is 5.41. The third-order valence-electron chi connectivity index (χ3n) is 3.41. The Bertz CT molecular complexity index is 709. The Morgan fingerprint density at radius 1 is 0.870 bits per heavy atom.